The highest BCUT2D eigenvalue weighted by atomic mass is 35.5. The van der Waals surface area contributed by atoms with E-state index in [4.69, 9.17) is 31.4 Å². The molecule has 0 spiro atoms. The Hall–Kier alpha value is -3.18. The molecule has 2 heterocycles. The largest absolute Gasteiger partial charge is 0.490 e. The van der Waals surface area contributed by atoms with Crippen LogP contribution in [-0.2, 0) is 0 Å². The number of carbonyl (C=O) groups is 1. The van der Waals surface area contributed by atoms with Crippen LogP contribution < -0.4 is 14.8 Å². The standard InChI is InChI=1S/C19H19ClN4O4/c1-27-17-16(28-13-5-8-24(9-6-13)19(25)26)4-7-22-18(17)23-15-3-2-12(11-21)10-14(15)20/h2-4,7,10,13H,5-6,8-9H2,1H3,(H,22,23)(H,25,26). The molecule has 2 N–H and O–H groups in total. The second-order valence-corrected chi connectivity index (χ2v) is 6.62. The molecule has 1 amide bonds. The second kappa shape index (κ2) is 8.67. The lowest BCUT2D eigenvalue weighted by atomic mass is 10.1. The van der Waals surface area contributed by atoms with Gasteiger partial charge in [-0.25, -0.2) is 9.78 Å². The Morgan fingerprint density at radius 1 is 1.39 bits per heavy atom. The first-order valence-corrected chi connectivity index (χ1v) is 9.03. The third-order valence-corrected chi connectivity index (χ3v) is 4.74. The molecule has 0 atom stereocenters. The van der Waals surface area contributed by atoms with Crippen molar-refractivity contribution < 1.29 is 19.4 Å². The van der Waals surface area contributed by atoms with E-state index in [-0.39, 0.29) is 6.10 Å². The Bertz CT molecular complexity index is 907. The number of amides is 1. The molecule has 0 radical (unpaired) electrons. The number of hydrogen-bond acceptors (Lipinski definition) is 6. The highest BCUT2D eigenvalue weighted by Gasteiger charge is 2.25. The Balaban J connectivity index is 1.76. The lowest BCUT2D eigenvalue weighted by molar-refractivity contribution is 0.0878. The maximum atomic E-state index is 11.0. The summed E-state index contributed by atoms with van der Waals surface area (Å²) >= 11 is 6.22. The first-order chi connectivity index (χ1) is 13.5. The van der Waals surface area contributed by atoms with Gasteiger partial charge in [-0.05, 0) is 18.2 Å². The number of nitriles is 1. The minimum absolute atomic E-state index is 0.113. The molecule has 8 nitrogen and oxygen atoms in total. The van der Waals surface area contributed by atoms with E-state index in [0.29, 0.717) is 59.5 Å². The van der Waals surface area contributed by atoms with Gasteiger partial charge in [0.15, 0.2) is 11.6 Å². The van der Waals surface area contributed by atoms with Gasteiger partial charge in [0, 0.05) is 38.2 Å². The highest BCUT2D eigenvalue weighted by molar-refractivity contribution is 6.33. The topological polar surface area (TPSA) is 108 Å². The summed E-state index contributed by atoms with van der Waals surface area (Å²) in [5.41, 5.74) is 1.04. The van der Waals surface area contributed by atoms with E-state index in [1.165, 1.54) is 12.0 Å². The van der Waals surface area contributed by atoms with Crippen molar-refractivity contribution in [3.8, 4) is 17.6 Å². The first-order valence-electron chi connectivity index (χ1n) is 8.66. The summed E-state index contributed by atoms with van der Waals surface area (Å²) in [7, 11) is 1.52. The van der Waals surface area contributed by atoms with Crippen LogP contribution in [0.1, 0.15) is 18.4 Å². The van der Waals surface area contributed by atoms with Gasteiger partial charge in [0.05, 0.1) is 29.5 Å². The fourth-order valence-electron chi connectivity index (χ4n) is 2.97. The number of rotatable bonds is 5. The fraction of sp³-hybridized carbons (Fsp3) is 0.316. The summed E-state index contributed by atoms with van der Waals surface area (Å²) in [5, 5.41) is 21.5. The number of aromatic nitrogens is 1. The third kappa shape index (κ3) is 4.38. The molecule has 1 saturated heterocycles. The number of nitrogens with zero attached hydrogens (tertiary/aromatic N) is 3. The Labute approximate surface area is 167 Å². The van der Waals surface area contributed by atoms with Crippen molar-refractivity contribution in [3.05, 3.63) is 41.0 Å². The van der Waals surface area contributed by atoms with Crippen molar-refractivity contribution in [1.82, 2.24) is 9.88 Å². The van der Waals surface area contributed by atoms with Crippen LogP contribution in [0.25, 0.3) is 0 Å². The average Bonchev–Trinajstić information content (AvgIpc) is 2.70. The van der Waals surface area contributed by atoms with Crippen molar-refractivity contribution in [3.63, 3.8) is 0 Å². The molecular weight excluding hydrogens is 384 g/mol. The van der Waals surface area contributed by atoms with E-state index in [1.54, 1.807) is 30.5 Å². The minimum atomic E-state index is -0.911. The predicted molar refractivity (Wildman–Crippen MR) is 103 cm³/mol. The van der Waals surface area contributed by atoms with Crippen LogP contribution in [0.2, 0.25) is 5.02 Å². The maximum Gasteiger partial charge on any atom is 0.407 e. The zero-order chi connectivity index (χ0) is 20.1. The fourth-order valence-corrected chi connectivity index (χ4v) is 3.20. The van der Waals surface area contributed by atoms with Crippen molar-refractivity contribution in [2.75, 3.05) is 25.5 Å². The molecule has 1 aliphatic rings. The molecule has 146 valence electrons. The van der Waals surface area contributed by atoms with Crippen LogP contribution in [0.4, 0.5) is 16.3 Å². The van der Waals surface area contributed by atoms with Crippen LogP contribution >= 0.6 is 11.6 Å². The number of pyridine rings is 1. The summed E-state index contributed by atoms with van der Waals surface area (Å²) < 4.78 is 11.5. The number of likely N-dealkylation sites (tertiary alicyclic amines) is 1. The normalized spacial score (nSPS) is 14.2. The summed E-state index contributed by atoms with van der Waals surface area (Å²) in [6.45, 7) is 0.860. The van der Waals surface area contributed by atoms with E-state index in [1.807, 2.05) is 6.07 Å². The maximum absolute atomic E-state index is 11.0. The number of halogens is 1. The predicted octanol–water partition coefficient (Wildman–Crippen LogP) is 3.88. The number of hydrogen-bond donors (Lipinski definition) is 2. The molecule has 3 rings (SSSR count). The molecule has 1 fully saturated rings. The smallest absolute Gasteiger partial charge is 0.407 e. The van der Waals surface area contributed by atoms with E-state index in [0.717, 1.165) is 0 Å². The van der Waals surface area contributed by atoms with Crippen molar-refractivity contribution >= 4 is 29.2 Å². The lowest BCUT2D eigenvalue weighted by Crippen LogP contribution is -2.41. The molecular formula is C19H19ClN4O4. The van der Waals surface area contributed by atoms with Gasteiger partial charge < -0.3 is 24.8 Å². The van der Waals surface area contributed by atoms with Gasteiger partial charge in [-0.15, -0.1) is 0 Å². The van der Waals surface area contributed by atoms with Crippen molar-refractivity contribution in [1.29, 1.82) is 5.26 Å². The SMILES string of the molecule is COc1c(OC2CCN(C(=O)O)CC2)ccnc1Nc1ccc(C#N)cc1Cl. The van der Waals surface area contributed by atoms with Crippen LogP contribution in [0.15, 0.2) is 30.5 Å². The second-order valence-electron chi connectivity index (χ2n) is 6.21. The number of ether oxygens (including phenoxy) is 2. The summed E-state index contributed by atoms with van der Waals surface area (Å²) in [5.74, 6) is 1.36. The van der Waals surface area contributed by atoms with Gasteiger partial charge in [-0.3, -0.25) is 0 Å². The number of benzene rings is 1. The zero-order valence-corrected chi connectivity index (χ0v) is 15.9. The molecule has 28 heavy (non-hydrogen) atoms. The number of anilines is 2. The van der Waals surface area contributed by atoms with Gasteiger partial charge in [0.1, 0.15) is 6.10 Å². The van der Waals surface area contributed by atoms with Gasteiger partial charge in [-0.2, -0.15) is 5.26 Å². The number of piperidine rings is 1. The Morgan fingerprint density at radius 2 is 2.14 bits per heavy atom. The minimum Gasteiger partial charge on any atom is -0.490 e. The summed E-state index contributed by atoms with van der Waals surface area (Å²) in [6.07, 6.45) is 1.76. The quantitative estimate of drug-likeness (QED) is 0.781. The number of methoxy groups -OCH3 is 1. The molecule has 0 bridgehead atoms. The first kappa shape index (κ1) is 19.6. The monoisotopic (exact) mass is 402 g/mol. The van der Waals surface area contributed by atoms with Crippen LogP contribution in [-0.4, -0.2) is 47.4 Å². The Morgan fingerprint density at radius 3 is 2.75 bits per heavy atom. The van der Waals surface area contributed by atoms with Crippen molar-refractivity contribution in [2.45, 2.75) is 18.9 Å². The van der Waals surface area contributed by atoms with Crippen LogP contribution in [0, 0.1) is 11.3 Å². The van der Waals surface area contributed by atoms with Crippen LogP contribution in [0.3, 0.4) is 0 Å². The van der Waals surface area contributed by atoms with E-state index < -0.39 is 6.09 Å². The molecule has 0 unspecified atom stereocenters. The highest BCUT2D eigenvalue weighted by Crippen LogP contribution is 2.37. The van der Waals surface area contributed by atoms with Crippen LogP contribution in [0.5, 0.6) is 11.5 Å². The summed E-state index contributed by atoms with van der Waals surface area (Å²) in [6, 6.07) is 8.64. The summed E-state index contributed by atoms with van der Waals surface area (Å²) in [4.78, 5) is 16.7. The molecule has 1 aromatic heterocycles. The molecule has 1 aliphatic heterocycles. The molecule has 0 saturated carbocycles. The van der Waals surface area contributed by atoms with Gasteiger partial charge >= 0.3 is 6.09 Å². The Kier molecular flexibility index (Phi) is 6.06. The van der Waals surface area contributed by atoms with E-state index >= 15 is 0 Å². The van der Waals surface area contributed by atoms with Gasteiger partial charge in [0.25, 0.3) is 0 Å². The zero-order valence-electron chi connectivity index (χ0n) is 15.2. The number of carboxylic acid groups (broad SMARTS) is 1. The van der Waals surface area contributed by atoms with Crippen molar-refractivity contribution in [2.24, 2.45) is 0 Å². The molecule has 9 heteroatoms. The molecule has 2 aromatic rings. The van der Waals surface area contributed by atoms with E-state index in [2.05, 4.69) is 10.3 Å². The third-order valence-electron chi connectivity index (χ3n) is 4.43. The van der Waals surface area contributed by atoms with E-state index in [9.17, 15) is 4.79 Å². The average molecular weight is 403 g/mol. The lowest BCUT2D eigenvalue weighted by Gasteiger charge is -2.30. The van der Waals surface area contributed by atoms with Gasteiger partial charge in [-0.1, -0.05) is 11.6 Å². The number of nitrogens with one attached hydrogen (secondary N) is 1. The molecule has 0 aliphatic carbocycles. The van der Waals surface area contributed by atoms with Gasteiger partial charge in [0.2, 0.25) is 5.75 Å². The molecule has 1 aromatic carbocycles.